The van der Waals surface area contributed by atoms with Gasteiger partial charge < -0.3 is 4.90 Å². The summed E-state index contributed by atoms with van der Waals surface area (Å²) in [6.45, 7) is 10.3. The SMILES string of the molecule is CC(C)C1N(c2ccc3nnc(-c4ccsc4)n3n2)CC1(C)C. The van der Waals surface area contributed by atoms with Crippen molar-refractivity contribution in [3.05, 3.63) is 29.0 Å². The Balaban J connectivity index is 1.76. The Bertz CT molecular complexity index is 834. The molecule has 0 aliphatic carbocycles. The second kappa shape index (κ2) is 5.03. The Morgan fingerprint density at radius 3 is 2.70 bits per heavy atom. The van der Waals surface area contributed by atoms with Gasteiger partial charge in [0.2, 0.25) is 0 Å². The first-order chi connectivity index (χ1) is 11.0. The zero-order valence-electron chi connectivity index (χ0n) is 13.9. The minimum absolute atomic E-state index is 0.328. The van der Waals surface area contributed by atoms with E-state index in [-0.39, 0.29) is 0 Å². The molecular formula is C17H21N5S. The van der Waals surface area contributed by atoms with Crippen molar-refractivity contribution in [3.63, 3.8) is 0 Å². The van der Waals surface area contributed by atoms with E-state index in [1.54, 1.807) is 11.3 Å². The first-order valence-electron chi connectivity index (χ1n) is 7.99. The van der Waals surface area contributed by atoms with Crippen LogP contribution in [0.1, 0.15) is 27.7 Å². The molecule has 5 nitrogen and oxygen atoms in total. The molecule has 3 aromatic rings. The molecule has 4 heterocycles. The van der Waals surface area contributed by atoms with Crippen LogP contribution >= 0.6 is 11.3 Å². The predicted octanol–water partition coefficient (Wildman–Crippen LogP) is 3.72. The van der Waals surface area contributed by atoms with Crippen molar-refractivity contribution in [2.24, 2.45) is 11.3 Å². The summed E-state index contributed by atoms with van der Waals surface area (Å²) in [7, 11) is 0. The van der Waals surface area contributed by atoms with Crippen molar-refractivity contribution in [2.45, 2.75) is 33.7 Å². The topological polar surface area (TPSA) is 46.3 Å². The van der Waals surface area contributed by atoms with Crippen LogP contribution in [0, 0.1) is 11.3 Å². The molecule has 1 aliphatic heterocycles. The summed E-state index contributed by atoms with van der Waals surface area (Å²) < 4.78 is 1.86. The molecule has 4 rings (SSSR count). The minimum Gasteiger partial charge on any atom is -0.351 e. The van der Waals surface area contributed by atoms with Crippen LogP contribution in [0.15, 0.2) is 29.0 Å². The van der Waals surface area contributed by atoms with Gasteiger partial charge in [-0.15, -0.1) is 15.3 Å². The molecule has 1 aliphatic rings. The average molecular weight is 327 g/mol. The molecule has 0 bridgehead atoms. The average Bonchev–Trinajstić information content (AvgIpc) is 3.12. The molecule has 1 atom stereocenters. The lowest BCUT2D eigenvalue weighted by atomic mass is 9.70. The van der Waals surface area contributed by atoms with Crippen LogP contribution in [0.3, 0.4) is 0 Å². The molecular weight excluding hydrogens is 306 g/mol. The van der Waals surface area contributed by atoms with Crippen LogP contribution in [0.25, 0.3) is 17.0 Å². The molecule has 1 unspecified atom stereocenters. The number of nitrogens with zero attached hydrogens (tertiary/aromatic N) is 5. The van der Waals surface area contributed by atoms with Crippen molar-refractivity contribution >= 4 is 22.8 Å². The molecule has 0 aromatic carbocycles. The van der Waals surface area contributed by atoms with E-state index in [0.717, 1.165) is 29.4 Å². The van der Waals surface area contributed by atoms with Gasteiger partial charge in [0.25, 0.3) is 0 Å². The van der Waals surface area contributed by atoms with E-state index in [0.29, 0.717) is 17.4 Å². The van der Waals surface area contributed by atoms with Crippen molar-refractivity contribution in [1.29, 1.82) is 0 Å². The van der Waals surface area contributed by atoms with Crippen LogP contribution in [-0.2, 0) is 0 Å². The van der Waals surface area contributed by atoms with Gasteiger partial charge in [-0.05, 0) is 29.5 Å². The summed E-state index contributed by atoms with van der Waals surface area (Å²) in [6, 6.07) is 6.63. The van der Waals surface area contributed by atoms with Crippen molar-refractivity contribution in [3.8, 4) is 11.4 Å². The van der Waals surface area contributed by atoms with Crippen LogP contribution in [0.4, 0.5) is 5.82 Å². The smallest absolute Gasteiger partial charge is 0.186 e. The highest BCUT2D eigenvalue weighted by atomic mass is 32.1. The van der Waals surface area contributed by atoms with Gasteiger partial charge in [-0.1, -0.05) is 27.7 Å². The number of fused-ring (bicyclic) bond motifs is 1. The van der Waals surface area contributed by atoms with Gasteiger partial charge in [-0.3, -0.25) is 0 Å². The monoisotopic (exact) mass is 327 g/mol. The molecule has 120 valence electrons. The number of thiophene rings is 1. The Kier molecular flexibility index (Phi) is 3.20. The van der Waals surface area contributed by atoms with E-state index >= 15 is 0 Å². The maximum atomic E-state index is 4.83. The maximum Gasteiger partial charge on any atom is 0.186 e. The first kappa shape index (κ1) is 14.6. The largest absolute Gasteiger partial charge is 0.351 e. The van der Waals surface area contributed by atoms with Crippen molar-refractivity contribution in [1.82, 2.24) is 19.8 Å². The van der Waals surface area contributed by atoms with Crippen LogP contribution in [0.5, 0.6) is 0 Å². The Labute approximate surface area is 140 Å². The van der Waals surface area contributed by atoms with Gasteiger partial charge in [0.05, 0.1) is 0 Å². The van der Waals surface area contributed by atoms with E-state index in [1.165, 1.54) is 0 Å². The van der Waals surface area contributed by atoms with Gasteiger partial charge in [-0.2, -0.15) is 15.9 Å². The van der Waals surface area contributed by atoms with E-state index in [9.17, 15) is 0 Å². The third kappa shape index (κ3) is 2.24. The zero-order valence-corrected chi connectivity index (χ0v) is 14.7. The fraction of sp³-hybridized carbons (Fsp3) is 0.471. The summed E-state index contributed by atoms with van der Waals surface area (Å²) in [5, 5.41) is 17.5. The lowest BCUT2D eigenvalue weighted by Crippen LogP contribution is -2.64. The fourth-order valence-corrected chi connectivity index (χ4v) is 4.56. The van der Waals surface area contributed by atoms with Gasteiger partial charge in [0.1, 0.15) is 5.82 Å². The van der Waals surface area contributed by atoms with E-state index in [2.05, 4.69) is 60.3 Å². The van der Waals surface area contributed by atoms with Gasteiger partial charge >= 0.3 is 0 Å². The van der Waals surface area contributed by atoms with E-state index in [1.807, 2.05) is 16.0 Å². The van der Waals surface area contributed by atoms with Crippen LogP contribution in [0.2, 0.25) is 0 Å². The summed E-state index contributed by atoms with van der Waals surface area (Å²) in [5.74, 6) is 2.41. The lowest BCUT2D eigenvalue weighted by Gasteiger charge is -2.57. The molecule has 23 heavy (non-hydrogen) atoms. The summed E-state index contributed by atoms with van der Waals surface area (Å²) in [6.07, 6.45) is 0. The molecule has 0 N–H and O–H groups in total. The van der Waals surface area contributed by atoms with E-state index < -0.39 is 0 Å². The fourth-order valence-electron chi connectivity index (χ4n) is 3.93. The second-order valence-electron chi connectivity index (χ2n) is 7.30. The third-order valence-electron chi connectivity index (χ3n) is 4.67. The standard InChI is InChI=1S/C17H21N5S/c1-11(2)15-17(3,4)10-21(15)14-6-5-13-18-19-16(22(13)20-14)12-7-8-23-9-12/h5-9,11,15H,10H2,1-4H3. The van der Waals surface area contributed by atoms with Crippen LogP contribution < -0.4 is 4.90 Å². The third-order valence-corrected chi connectivity index (χ3v) is 5.35. The predicted molar refractivity (Wildman–Crippen MR) is 93.8 cm³/mol. The number of anilines is 1. The molecule has 1 saturated heterocycles. The molecule has 0 radical (unpaired) electrons. The zero-order chi connectivity index (χ0) is 16.2. The lowest BCUT2D eigenvalue weighted by molar-refractivity contribution is 0.134. The molecule has 6 heteroatoms. The normalized spacial score (nSPS) is 20.2. The quantitative estimate of drug-likeness (QED) is 0.735. The number of rotatable bonds is 3. The molecule has 3 aromatic heterocycles. The van der Waals surface area contributed by atoms with Gasteiger partial charge in [0.15, 0.2) is 11.5 Å². The summed E-state index contributed by atoms with van der Waals surface area (Å²) in [4.78, 5) is 2.40. The maximum absolute atomic E-state index is 4.83. The number of hydrogen-bond donors (Lipinski definition) is 0. The second-order valence-corrected chi connectivity index (χ2v) is 8.08. The molecule has 0 spiro atoms. The Morgan fingerprint density at radius 1 is 1.22 bits per heavy atom. The highest BCUT2D eigenvalue weighted by molar-refractivity contribution is 7.08. The molecule has 0 amide bonds. The van der Waals surface area contributed by atoms with Crippen molar-refractivity contribution < 1.29 is 0 Å². The highest BCUT2D eigenvalue weighted by Crippen LogP contribution is 2.43. The summed E-state index contributed by atoms with van der Waals surface area (Å²) in [5.41, 5.74) is 2.18. The van der Waals surface area contributed by atoms with Crippen LogP contribution in [-0.4, -0.2) is 32.4 Å². The van der Waals surface area contributed by atoms with Gasteiger partial charge in [0, 0.05) is 28.9 Å². The molecule has 0 saturated carbocycles. The van der Waals surface area contributed by atoms with Gasteiger partial charge in [-0.25, -0.2) is 0 Å². The Hall–Kier alpha value is -1.95. The van der Waals surface area contributed by atoms with E-state index in [4.69, 9.17) is 5.10 Å². The highest BCUT2D eigenvalue weighted by Gasteiger charge is 2.47. The Morgan fingerprint density at radius 2 is 2.04 bits per heavy atom. The summed E-state index contributed by atoms with van der Waals surface area (Å²) >= 11 is 1.66. The van der Waals surface area contributed by atoms with Crippen molar-refractivity contribution in [2.75, 3.05) is 11.4 Å². The molecule has 1 fully saturated rings. The first-order valence-corrected chi connectivity index (χ1v) is 8.93. The number of aromatic nitrogens is 4. The minimum atomic E-state index is 0.328. The number of hydrogen-bond acceptors (Lipinski definition) is 5.